The van der Waals surface area contributed by atoms with Crippen LogP contribution in [0.2, 0.25) is 0 Å². The largest absolute Gasteiger partial charge is 0.348 e. The van der Waals surface area contributed by atoms with E-state index in [-0.39, 0.29) is 5.91 Å². The van der Waals surface area contributed by atoms with Crippen LogP contribution < -0.4 is 0 Å². The maximum atomic E-state index is 11.8. The number of nitrogens with zero attached hydrogens (tertiary/aromatic N) is 3. The Morgan fingerprint density at radius 3 is 2.75 bits per heavy atom. The third kappa shape index (κ3) is 2.32. The van der Waals surface area contributed by atoms with Gasteiger partial charge in [0.05, 0.1) is 12.1 Å². The first kappa shape index (κ1) is 12.9. The summed E-state index contributed by atoms with van der Waals surface area (Å²) in [6.07, 6.45) is 2.40. The Morgan fingerprint density at radius 2 is 2.05 bits per heavy atom. The first-order valence-corrected chi connectivity index (χ1v) is 7.24. The molecule has 0 unspecified atom stereocenters. The third-order valence-electron chi connectivity index (χ3n) is 3.18. The second kappa shape index (κ2) is 5.09. The first-order valence-electron chi connectivity index (χ1n) is 6.36. The van der Waals surface area contributed by atoms with Crippen LogP contribution in [0, 0.1) is 0 Å². The lowest BCUT2D eigenvalue weighted by molar-refractivity contribution is -0.128. The molecule has 1 amide bonds. The molecule has 0 aliphatic heterocycles. The summed E-state index contributed by atoms with van der Waals surface area (Å²) in [5, 5.41) is 2.00. The molecule has 3 rings (SSSR count). The fourth-order valence-electron chi connectivity index (χ4n) is 2.02. The number of fused-ring (bicyclic) bond motifs is 1. The van der Waals surface area contributed by atoms with Gasteiger partial charge >= 0.3 is 0 Å². The van der Waals surface area contributed by atoms with Crippen LogP contribution in [0.3, 0.4) is 0 Å². The number of rotatable bonds is 3. The number of imidazole rings is 1. The standard InChI is InChI=1S/C15H15N3OS/c1-17(2)14(19)8-12-10-20-15-16-13(9-18(12)15)11-6-4-3-5-7-11/h3-7,9-10H,8H2,1-2H3. The van der Waals surface area contributed by atoms with Crippen molar-refractivity contribution in [1.82, 2.24) is 14.3 Å². The van der Waals surface area contributed by atoms with E-state index in [0.717, 1.165) is 21.9 Å². The van der Waals surface area contributed by atoms with E-state index in [0.29, 0.717) is 6.42 Å². The normalized spacial score (nSPS) is 10.9. The highest BCUT2D eigenvalue weighted by molar-refractivity contribution is 7.15. The molecule has 0 bridgehead atoms. The highest BCUT2D eigenvalue weighted by atomic mass is 32.1. The molecule has 3 aromatic rings. The van der Waals surface area contributed by atoms with E-state index in [1.807, 2.05) is 46.3 Å². The molecule has 0 saturated heterocycles. The number of hydrogen-bond donors (Lipinski definition) is 0. The molecule has 20 heavy (non-hydrogen) atoms. The molecule has 5 heteroatoms. The first-order chi connectivity index (χ1) is 9.65. The van der Waals surface area contributed by atoms with Gasteiger partial charge in [0, 0.05) is 36.9 Å². The summed E-state index contributed by atoms with van der Waals surface area (Å²) in [6.45, 7) is 0. The maximum absolute atomic E-state index is 11.8. The lowest BCUT2D eigenvalue weighted by Crippen LogP contribution is -2.23. The Morgan fingerprint density at radius 1 is 1.30 bits per heavy atom. The second-order valence-corrected chi connectivity index (χ2v) is 5.67. The quantitative estimate of drug-likeness (QED) is 0.742. The van der Waals surface area contributed by atoms with Crippen molar-refractivity contribution in [2.45, 2.75) is 6.42 Å². The van der Waals surface area contributed by atoms with Crippen LogP contribution >= 0.6 is 11.3 Å². The Balaban J connectivity index is 1.97. The van der Waals surface area contributed by atoms with Crippen molar-refractivity contribution in [3.8, 4) is 11.3 Å². The van der Waals surface area contributed by atoms with Gasteiger partial charge in [-0.1, -0.05) is 30.3 Å². The summed E-state index contributed by atoms with van der Waals surface area (Å²) in [5.74, 6) is 0.0969. The average Bonchev–Trinajstić information content (AvgIpc) is 3.01. The van der Waals surface area contributed by atoms with Crippen molar-refractivity contribution in [1.29, 1.82) is 0 Å². The monoisotopic (exact) mass is 285 g/mol. The highest BCUT2D eigenvalue weighted by Crippen LogP contribution is 2.23. The minimum absolute atomic E-state index is 0.0969. The van der Waals surface area contributed by atoms with Crippen LogP contribution in [-0.4, -0.2) is 34.3 Å². The average molecular weight is 285 g/mol. The van der Waals surface area contributed by atoms with Gasteiger partial charge in [0.25, 0.3) is 0 Å². The Kier molecular flexibility index (Phi) is 3.28. The third-order valence-corrected chi connectivity index (χ3v) is 4.07. The van der Waals surface area contributed by atoms with Crippen LogP contribution in [0.25, 0.3) is 16.2 Å². The lowest BCUT2D eigenvalue weighted by Gasteiger charge is -2.08. The number of hydrogen-bond acceptors (Lipinski definition) is 3. The molecule has 0 aliphatic rings. The summed E-state index contributed by atoms with van der Waals surface area (Å²) >= 11 is 1.56. The zero-order chi connectivity index (χ0) is 14.1. The zero-order valence-electron chi connectivity index (χ0n) is 11.4. The summed E-state index contributed by atoms with van der Waals surface area (Å²) in [7, 11) is 3.55. The van der Waals surface area contributed by atoms with Crippen LogP contribution in [0.4, 0.5) is 0 Å². The van der Waals surface area contributed by atoms with E-state index in [1.165, 1.54) is 0 Å². The van der Waals surface area contributed by atoms with Crippen molar-refractivity contribution in [3.63, 3.8) is 0 Å². The van der Waals surface area contributed by atoms with E-state index >= 15 is 0 Å². The zero-order valence-corrected chi connectivity index (χ0v) is 12.2. The van der Waals surface area contributed by atoms with Crippen LogP contribution in [-0.2, 0) is 11.2 Å². The number of likely N-dealkylation sites (N-methyl/N-ethyl adjacent to an activating group) is 1. The predicted octanol–water partition coefficient (Wildman–Crippen LogP) is 2.69. The molecule has 0 spiro atoms. The van der Waals surface area contributed by atoms with Crippen molar-refractivity contribution in [2.24, 2.45) is 0 Å². The van der Waals surface area contributed by atoms with Gasteiger partial charge in [-0.25, -0.2) is 4.98 Å². The van der Waals surface area contributed by atoms with Crippen LogP contribution in [0.5, 0.6) is 0 Å². The molecule has 0 radical (unpaired) electrons. The molecule has 4 nitrogen and oxygen atoms in total. The van der Waals surface area contributed by atoms with Crippen molar-refractivity contribution in [2.75, 3.05) is 14.1 Å². The molecule has 1 aromatic carbocycles. The Labute approximate surface area is 121 Å². The topological polar surface area (TPSA) is 37.6 Å². The van der Waals surface area contributed by atoms with Gasteiger partial charge in [0.1, 0.15) is 0 Å². The van der Waals surface area contributed by atoms with Crippen molar-refractivity contribution in [3.05, 3.63) is 47.6 Å². The number of benzene rings is 1. The summed E-state index contributed by atoms with van der Waals surface area (Å²) in [4.78, 5) is 19.0. The van der Waals surface area contributed by atoms with Crippen LogP contribution in [0.1, 0.15) is 5.69 Å². The van der Waals surface area contributed by atoms with Gasteiger partial charge in [-0.2, -0.15) is 0 Å². The van der Waals surface area contributed by atoms with E-state index in [4.69, 9.17) is 0 Å². The molecule has 0 aliphatic carbocycles. The molecule has 0 atom stereocenters. The summed E-state index contributed by atoms with van der Waals surface area (Å²) < 4.78 is 2.01. The predicted molar refractivity (Wildman–Crippen MR) is 80.9 cm³/mol. The SMILES string of the molecule is CN(C)C(=O)Cc1csc2nc(-c3ccccc3)cn12. The van der Waals surface area contributed by atoms with E-state index in [2.05, 4.69) is 4.98 Å². The second-order valence-electron chi connectivity index (χ2n) is 4.84. The fourth-order valence-corrected chi connectivity index (χ4v) is 2.89. The molecule has 0 saturated carbocycles. The van der Waals surface area contributed by atoms with E-state index < -0.39 is 0 Å². The lowest BCUT2D eigenvalue weighted by atomic mass is 10.2. The smallest absolute Gasteiger partial charge is 0.228 e. The summed E-state index contributed by atoms with van der Waals surface area (Å²) in [5.41, 5.74) is 3.02. The van der Waals surface area contributed by atoms with Gasteiger partial charge in [0.2, 0.25) is 5.91 Å². The van der Waals surface area contributed by atoms with Gasteiger partial charge in [-0.05, 0) is 0 Å². The Hall–Kier alpha value is -2.14. The van der Waals surface area contributed by atoms with Crippen molar-refractivity contribution < 1.29 is 4.79 Å². The van der Waals surface area contributed by atoms with E-state index in [9.17, 15) is 4.79 Å². The fraction of sp³-hybridized carbons (Fsp3) is 0.200. The number of carbonyl (C=O) groups is 1. The van der Waals surface area contributed by atoms with Gasteiger partial charge in [0.15, 0.2) is 4.96 Å². The molecule has 0 fully saturated rings. The number of thiazole rings is 1. The molecule has 2 heterocycles. The van der Waals surface area contributed by atoms with Gasteiger partial charge in [-0.15, -0.1) is 11.3 Å². The summed E-state index contributed by atoms with van der Waals surface area (Å²) in [6, 6.07) is 10.1. The molecule has 2 aromatic heterocycles. The maximum Gasteiger partial charge on any atom is 0.228 e. The Bertz CT molecular complexity index is 743. The number of aromatic nitrogens is 2. The van der Waals surface area contributed by atoms with Crippen LogP contribution in [0.15, 0.2) is 41.9 Å². The van der Waals surface area contributed by atoms with Gasteiger partial charge < -0.3 is 4.90 Å². The number of amides is 1. The van der Waals surface area contributed by atoms with Gasteiger partial charge in [-0.3, -0.25) is 9.20 Å². The van der Waals surface area contributed by atoms with Crippen molar-refractivity contribution >= 4 is 22.2 Å². The molecule has 102 valence electrons. The molecule has 0 N–H and O–H groups in total. The van der Waals surface area contributed by atoms with E-state index in [1.54, 1.807) is 30.3 Å². The minimum atomic E-state index is 0.0969. The number of carbonyl (C=O) groups excluding carboxylic acids is 1. The minimum Gasteiger partial charge on any atom is -0.348 e. The molecular formula is C15H15N3OS. The highest BCUT2D eigenvalue weighted by Gasteiger charge is 2.13. The molecular weight excluding hydrogens is 270 g/mol.